The smallest absolute Gasteiger partial charge is 0.253 e. The second-order valence-electron chi connectivity index (χ2n) is 1.55. The largest absolute Gasteiger partial charge is 0.336 e. The summed E-state index contributed by atoms with van der Waals surface area (Å²) in [6.45, 7) is 3.60. The van der Waals surface area contributed by atoms with Crippen molar-refractivity contribution in [2.45, 2.75) is 12.4 Å². The second kappa shape index (κ2) is 6.47. The fraction of sp³-hybridized carbons (Fsp3) is 0.833. The van der Waals surface area contributed by atoms with Gasteiger partial charge in [0.15, 0.2) is 0 Å². The maximum atomic E-state index is 4.88. The molecule has 0 unspecified atom stereocenters. The van der Waals surface area contributed by atoms with E-state index in [1.807, 2.05) is 0 Å². The zero-order valence-electron chi connectivity index (χ0n) is 6.64. The fourth-order valence-electron chi connectivity index (χ4n) is 0.556. The molecule has 4 heteroatoms. The number of rotatable bonds is 4. The molecular formula is C6H13O3Zr-. The Kier molecular flexibility index (Phi) is 8.65. The number of hydrogen-bond donors (Lipinski definition) is 0. The molecular weight excluding hydrogens is 211 g/mol. The molecule has 0 radical (unpaired) electrons. The standard InChI is InChI=1S/C6H13O3.Zr/c1-5-6(7-2,8-3)9-4;/h1,5H2,2-4H3;/q-1;. The molecule has 0 spiro atoms. The van der Waals surface area contributed by atoms with Crippen LogP contribution in [0.4, 0.5) is 0 Å². The summed E-state index contributed by atoms with van der Waals surface area (Å²) in [6.07, 6.45) is 0.427. The molecule has 0 aromatic carbocycles. The van der Waals surface area contributed by atoms with E-state index in [1.165, 1.54) is 21.3 Å². The third kappa shape index (κ3) is 3.24. The van der Waals surface area contributed by atoms with E-state index in [0.717, 1.165) is 0 Å². The molecule has 0 heterocycles. The minimum absolute atomic E-state index is 0. The van der Waals surface area contributed by atoms with Crippen LogP contribution in [0.25, 0.3) is 0 Å². The zero-order valence-corrected chi connectivity index (χ0v) is 9.10. The van der Waals surface area contributed by atoms with Gasteiger partial charge in [-0.2, -0.15) is 0 Å². The van der Waals surface area contributed by atoms with Gasteiger partial charge >= 0.3 is 0 Å². The average Bonchev–Trinajstić information content (AvgIpc) is 1.95. The molecule has 3 nitrogen and oxygen atoms in total. The van der Waals surface area contributed by atoms with Gasteiger partial charge in [-0.15, -0.1) is 0 Å². The molecule has 60 valence electrons. The Balaban J connectivity index is 0. The summed E-state index contributed by atoms with van der Waals surface area (Å²) in [5, 5.41) is 0. The molecule has 0 aliphatic heterocycles. The molecule has 0 aliphatic rings. The molecule has 0 amide bonds. The monoisotopic (exact) mass is 223 g/mol. The molecule has 0 atom stereocenters. The predicted octanol–water partition coefficient (Wildman–Crippen LogP) is 0.801. The molecule has 0 bridgehead atoms. The van der Waals surface area contributed by atoms with Crippen LogP contribution in [0.1, 0.15) is 6.42 Å². The Morgan fingerprint density at radius 3 is 1.40 bits per heavy atom. The van der Waals surface area contributed by atoms with Crippen LogP contribution in [0.15, 0.2) is 0 Å². The first-order valence-corrected chi connectivity index (χ1v) is 2.69. The van der Waals surface area contributed by atoms with Crippen molar-refractivity contribution >= 4 is 0 Å². The van der Waals surface area contributed by atoms with Gasteiger partial charge < -0.3 is 21.1 Å². The summed E-state index contributed by atoms with van der Waals surface area (Å²) in [4.78, 5) is 0. The molecule has 0 fully saturated rings. The van der Waals surface area contributed by atoms with Crippen molar-refractivity contribution in [3.05, 3.63) is 6.92 Å². The van der Waals surface area contributed by atoms with E-state index in [4.69, 9.17) is 14.2 Å². The second-order valence-corrected chi connectivity index (χ2v) is 1.55. The molecule has 0 aromatic heterocycles. The Hall–Kier alpha value is 0.763. The van der Waals surface area contributed by atoms with E-state index in [0.29, 0.717) is 6.42 Å². The Labute approximate surface area is 81.2 Å². The van der Waals surface area contributed by atoms with E-state index in [9.17, 15) is 0 Å². The van der Waals surface area contributed by atoms with Crippen LogP contribution in [-0.2, 0) is 40.4 Å². The first kappa shape index (κ1) is 13.4. The van der Waals surface area contributed by atoms with Crippen LogP contribution in [0.2, 0.25) is 0 Å². The van der Waals surface area contributed by atoms with Gasteiger partial charge in [0.25, 0.3) is 5.97 Å². The summed E-state index contributed by atoms with van der Waals surface area (Å²) < 4.78 is 14.6. The van der Waals surface area contributed by atoms with Gasteiger partial charge in [0.1, 0.15) is 0 Å². The van der Waals surface area contributed by atoms with Gasteiger partial charge in [0.05, 0.1) is 0 Å². The molecule has 0 saturated heterocycles. The SMILES string of the molecule is [CH2-]CC(OC)(OC)OC.[Zr]. The quantitative estimate of drug-likeness (QED) is 0.522. The van der Waals surface area contributed by atoms with Crippen molar-refractivity contribution in [2.24, 2.45) is 0 Å². The van der Waals surface area contributed by atoms with E-state index >= 15 is 0 Å². The summed E-state index contributed by atoms with van der Waals surface area (Å²) in [5.74, 6) is -0.944. The van der Waals surface area contributed by atoms with Gasteiger partial charge in [-0.05, 0) is 0 Å². The van der Waals surface area contributed by atoms with Gasteiger partial charge in [-0.25, -0.2) is 0 Å². The molecule has 0 saturated carbocycles. The molecule has 0 rings (SSSR count). The Morgan fingerprint density at radius 1 is 1.10 bits per heavy atom. The van der Waals surface area contributed by atoms with E-state index in [2.05, 4.69) is 6.92 Å². The van der Waals surface area contributed by atoms with Crippen molar-refractivity contribution in [3.8, 4) is 0 Å². The zero-order chi connectivity index (χ0) is 7.33. The van der Waals surface area contributed by atoms with Gasteiger partial charge in [-0.1, -0.05) is 6.42 Å². The normalized spacial score (nSPS) is 10.8. The minimum atomic E-state index is -0.944. The maximum Gasteiger partial charge on any atom is 0.253 e. The van der Waals surface area contributed by atoms with Crippen LogP contribution in [0, 0.1) is 6.92 Å². The Morgan fingerprint density at radius 2 is 1.40 bits per heavy atom. The van der Waals surface area contributed by atoms with Crippen molar-refractivity contribution in [1.82, 2.24) is 0 Å². The number of hydrogen-bond acceptors (Lipinski definition) is 3. The van der Waals surface area contributed by atoms with Crippen molar-refractivity contribution < 1.29 is 40.4 Å². The van der Waals surface area contributed by atoms with Crippen molar-refractivity contribution in [3.63, 3.8) is 0 Å². The topological polar surface area (TPSA) is 27.7 Å². The van der Waals surface area contributed by atoms with Gasteiger partial charge in [0.2, 0.25) is 0 Å². The minimum Gasteiger partial charge on any atom is -0.336 e. The van der Waals surface area contributed by atoms with Crippen LogP contribution < -0.4 is 0 Å². The third-order valence-electron chi connectivity index (χ3n) is 1.24. The number of ether oxygens (including phenoxy) is 3. The van der Waals surface area contributed by atoms with Gasteiger partial charge in [-0.3, -0.25) is 0 Å². The summed E-state index contributed by atoms with van der Waals surface area (Å²) >= 11 is 0. The first-order chi connectivity index (χ1) is 4.24. The van der Waals surface area contributed by atoms with Crippen LogP contribution in [0.3, 0.4) is 0 Å². The maximum absolute atomic E-state index is 4.88. The first-order valence-electron chi connectivity index (χ1n) is 2.69. The predicted molar refractivity (Wildman–Crippen MR) is 33.7 cm³/mol. The van der Waals surface area contributed by atoms with Crippen molar-refractivity contribution in [2.75, 3.05) is 21.3 Å². The fourth-order valence-corrected chi connectivity index (χ4v) is 0.556. The number of methoxy groups -OCH3 is 3. The molecule has 0 N–H and O–H groups in total. The summed E-state index contributed by atoms with van der Waals surface area (Å²) in [5.41, 5.74) is 0. The van der Waals surface area contributed by atoms with Crippen molar-refractivity contribution in [1.29, 1.82) is 0 Å². The average molecular weight is 224 g/mol. The molecule has 10 heavy (non-hydrogen) atoms. The van der Waals surface area contributed by atoms with Crippen LogP contribution in [0.5, 0.6) is 0 Å². The third-order valence-corrected chi connectivity index (χ3v) is 1.24. The Bertz CT molecular complexity index is 55.9. The van der Waals surface area contributed by atoms with Gasteiger partial charge in [0, 0.05) is 47.5 Å². The molecule has 0 aromatic rings. The molecule has 0 aliphatic carbocycles. The van der Waals surface area contributed by atoms with E-state index in [1.54, 1.807) is 0 Å². The summed E-state index contributed by atoms with van der Waals surface area (Å²) in [7, 11) is 4.54. The van der Waals surface area contributed by atoms with Crippen LogP contribution >= 0.6 is 0 Å². The van der Waals surface area contributed by atoms with Crippen LogP contribution in [-0.4, -0.2) is 27.3 Å². The van der Waals surface area contributed by atoms with E-state index in [-0.39, 0.29) is 26.2 Å². The van der Waals surface area contributed by atoms with E-state index < -0.39 is 5.97 Å². The summed E-state index contributed by atoms with van der Waals surface area (Å²) in [6, 6.07) is 0.